The van der Waals surface area contributed by atoms with Crippen LogP contribution in [0, 0.1) is 5.92 Å². The third-order valence-electron chi connectivity index (χ3n) is 6.95. The molecular formula is C27H27F2N7O2. The number of hydrogen-bond acceptors (Lipinski definition) is 7. The van der Waals surface area contributed by atoms with Crippen LogP contribution in [0.1, 0.15) is 16.9 Å². The molecule has 196 valence electrons. The maximum atomic E-state index is 13.1. The number of H-pyrrole nitrogens is 1. The lowest BCUT2D eigenvalue weighted by Crippen LogP contribution is -2.47. The number of pyridine rings is 1. The normalized spacial score (nSPS) is 18.9. The average molecular weight is 520 g/mol. The second kappa shape index (κ2) is 9.64. The maximum Gasteiger partial charge on any atom is 0.270 e. The first-order valence-electron chi connectivity index (χ1n) is 12.5. The molecule has 2 aliphatic rings. The minimum atomic E-state index is -2.62. The molecule has 1 amide bonds. The number of alkyl halides is 2. The minimum Gasteiger partial charge on any atom is -0.493 e. The summed E-state index contributed by atoms with van der Waals surface area (Å²) >= 11 is 0. The van der Waals surface area contributed by atoms with Crippen LogP contribution in [0.2, 0.25) is 0 Å². The van der Waals surface area contributed by atoms with Crippen LogP contribution in [0.25, 0.3) is 22.3 Å². The number of piperazine rings is 1. The van der Waals surface area contributed by atoms with E-state index in [1.807, 2.05) is 29.2 Å². The van der Waals surface area contributed by atoms with E-state index in [2.05, 4.69) is 37.2 Å². The Morgan fingerprint density at radius 1 is 1.08 bits per heavy atom. The Balaban J connectivity index is 1.15. The number of nitrogens with zero attached hydrogens (tertiary/aromatic N) is 5. The number of carbonyl (C=O) groups is 1. The summed E-state index contributed by atoms with van der Waals surface area (Å²) < 4.78 is 31.8. The molecule has 0 spiro atoms. The Morgan fingerprint density at radius 2 is 1.87 bits per heavy atom. The van der Waals surface area contributed by atoms with Gasteiger partial charge < -0.3 is 24.8 Å². The van der Waals surface area contributed by atoms with E-state index in [0.717, 1.165) is 29.7 Å². The maximum absolute atomic E-state index is 13.1. The van der Waals surface area contributed by atoms with Crippen LogP contribution >= 0.6 is 0 Å². The van der Waals surface area contributed by atoms with E-state index in [1.54, 1.807) is 30.6 Å². The molecule has 4 heterocycles. The highest BCUT2D eigenvalue weighted by Crippen LogP contribution is 2.48. The molecule has 0 radical (unpaired) electrons. The van der Waals surface area contributed by atoms with Crippen molar-refractivity contribution in [2.45, 2.75) is 12.3 Å². The second-order valence-corrected chi connectivity index (χ2v) is 9.82. The molecule has 0 bridgehead atoms. The number of rotatable bonds is 7. The Morgan fingerprint density at radius 3 is 2.66 bits per heavy atom. The summed E-state index contributed by atoms with van der Waals surface area (Å²) in [6.45, 7) is 3.13. The van der Waals surface area contributed by atoms with E-state index in [-0.39, 0.29) is 18.9 Å². The van der Waals surface area contributed by atoms with Crippen LogP contribution in [-0.2, 0) is 0 Å². The topological polar surface area (TPSA) is 99.3 Å². The highest BCUT2D eigenvalue weighted by atomic mass is 19.3. The van der Waals surface area contributed by atoms with Crippen LogP contribution in [0.4, 0.5) is 20.4 Å². The zero-order valence-electron chi connectivity index (χ0n) is 20.8. The third-order valence-corrected chi connectivity index (χ3v) is 6.95. The van der Waals surface area contributed by atoms with Gasteiger partial charge in [-0.2, -0.15) is 0 Å². The predicted octanol–water partition coefficient (Wildman–Crippen LogP) is 4.19. The van der Waals surface area contributed by atoms with Gasteiger partial charge in [0.05, 0.1) is 23.9 Å². The lowest BCUT2D eigenvalue weighted by Gasteiger charge is -2.32. The van der Waals surface area contributed by atoms with Crippen LogP contribution in [0.15, 0.2) is 54.9 Å². The standard InChI is InChI=1S/C27H27F2N7O2/c1-35-8-10-36(11-9-35)25(37)24-13-17-12-19(2-3-21(17)33-24)32-26-31-7-5-22(34-26)23-14-20(4-6-30-23)38-16-18-15-27(18,28)29/h2-7,12-14,18,33H,8-11,15-16H2,1H3,(H,31,32,34). The van der Waals surface area contributed by atoms with E-state index < -0.39 is 11.8 Å². The lowest BCUT2D eigenvalue weighted by atomic mass is 10.2. The van der Waals surface area contributed by atoms with Gasteiger partial charge in [0.1, 0.15) is 11.4 Å². The van der Waals surface area contributed by atoms with Crippen LogP contribution < -0.4 is 10.1 Å². The van der Waals surface area contributed by atoms with Gasteiger partial charge in [0.15, 0.2) is 0 Å². The van der Waals surface area contributed by atoms with E-state index in [1.165, 1.54) is 0 Å². The Labute approximate surface area is 217 Å². The molecule has 1 aromatic carbocycles. The van der Waals surface area contributed by atoms with Crippen molar-refractivity contribution in [1.82, 2.24) is 29.7 Å². The Kier molecular flexibility index (Phi) is 6.15. The minimum absolute atomic E-state index is 0.00407. The molecule has 4 aromatic rings. The number of carbonyl (C=O) groups excluding carboxylic acids is 1. The van der Waals surface area contributed by atoms with Crippen molar-refractivity contribution in [3.63, 3.8) is 0 Å². The summed E-state index contributed by atoms with van der Waals surface area (Å²) in [5.74, 6) is -2.51. The zero-order valence-corrected chi connectivity index (χ0v) is 20.8. The monoisotopic (exact) mass is 519 g/mol. The molecule has 1 saturated heterocycles. The number of hydrogen-bond donors (Lipinski definition) is 2. The van der Waals surface area contributed by atoms with Crippen molar-refractivity contribution in [3.8, 4) is 17.1 Å². The lowest BCUT2D eigenvalue weighted by molar-refractivity contribution is 0.0659. The molecule has 1 unspecified atom stereocenters. The fraction of sp³-hybridized carbons (Fsp3) is 0.333. The number of nitrogens with one attached hydrogen (secondary N) is 2. The van der Waals surface area contributed by atoms with Gasteiger partial charge >= 0.3 is 0 Å². The van der Waals surface area contributed by atoms with Crippen molar-refractivity contribution < 1.29 is 18.3 Å². The summed E-state index contributed by atoms with van der Waals surface area (Å²) in [7, 11) is 2.06. The van der Waals surface area contributed by atoms with Crippen molar-refractivity contribution in [2.24, 2.45) is 5.92 Å². The summed E-state index contributed by atoms with van der Waals surface area (Å²) in [4.78, 5) is 33.5. The Bertz CT molecular complexity index is 1480. The fourth-order valence-electron chi connectivity index (χ4n) is 4.48. The van der Waals surface area contributed by atoms with Crippen LogP contribution in [0.3, 0.4) is 0 Å². The number of benzene rings is 1. The zero-order chi connectivity index (χ0) is 26.3. The van der Waals surface area contributed by atoms with Crippen LogP contribution in [-0.4, -0.2) is 81.4 Å². The van der Waals surface area contributed by atoms with Crippen molar-refractivity contribution in [3.05, 3.63) is 60.6 Å². The summed E-state index contributed by atoms with van der Waals surface area (Å²) in [5, 5.41) is 4.11. The van der Waals surface area contributed by atoms with Crippen LogP contribution in [0.5, 0.6) is 5.75 Å². The number of likely N-dealkylation sites (N-methyl/N-ethyl adjacent to an activating group) is 1. The van der Waals surface area contributed by atoms with E-state index in [0.29, 0.717) is 41.9 Å². The van der Waals surface area contributed by atoms with Gasteiger partial charge in [-0.1, -0.05) is 0 Å². The van der Waals surface area contributed by atoms with Gasteiger partial charge in [0.25, 0.3) is 11.8 Å². The fourth-order valence-corrected chi connectivity index (χ4v) is 4.48. The number of anilines is 2. The van der Waals surface area contributed by atoms with Crippen molar-refractivity contribution in [1.29, 1.82) is 0 Å². The number of aromatic amines is 1. The predicted molar refractivity (Wildman–Crippen MR) is 139 cm³/mol. The molecule has 6 rings (SSSR count). The second-order valence-electron chi connectivity index (χ2n) is 9.82. The molecule has 9 nitrogen and oxygen atoms in total. The van der Waals surface area contributed by atoms with Crippen molar-refractivity contribution in [2.75, 3.05) is 45.2 Å². The van der Waals surface area contributed by atoms with E-state index in [4.69, 9.17) is 4.74 Å². The van der Waals surface area contributed by atoms with Crippen molar-refractivity contribution >= 4 is 28.4 Å². The first-order chi connectivity index (χ1) is 18.3. The number of amides is 1. The molecule has 2 fully saturated rings. The summed E-state index contributed by atoms with van der Waals surface area (Å²) in [6, 6.07) is 12.6. The Hall–Kier alpha value is -4.12. The molecule has 38 heavy (non-hydrogen) atoms. The smallest absolute Gasteiger partial charge is 0.270 e. The van der Waals surface area contributed by atoms with Gasteiger partial charge in [0, 0.05) is 67.7 Å². The van der Waals surface area contributed by atoms with Gasteiger partial charge in [-0.05, 0) is 43.4 Å². The van der Waals surface area contributed by atoms with Gasteiger partial charge in [-0.3, -0.25) is 9.78 Å². The molecule has 11 heteroatoms. The van der Waals surface area contributed by atoms with Gasteiger partial charge in [0.2, 0.25) is 5.95 Å². The number of halogens is 2. The third kappa shape index (κ3) is 5.14. The SMILES string of the molecule is CN1CCN(C(=O)c2cc3cc(Nc4nccc(-c5cc(OCC6CC6(F)F)ccn5)n4)ccc3[nH]2)CC1. The first-order valence-corrected chi connectivity index (χ1v) is 12.5. The quantitative estimate of drug-likeness (QED) is 0.378. The molecule has 1 atom stereocenters. The molecule has 3 aromatic heterocycles. The van der Waals surface area contributed by atoms with E-state index >= 15 is 0 Å². The molecule has 1 aliphatic carbocycles. The average Bonchev–Trinajstić information content (AvgIpc) is 3.32. The summed E-state index contributed by atoms with van der Waals surface area (Å²) in [6.07, 6.45) is 3.05. The molecule has 1 aliphatic heterocycles. The van der Waals surface area contributed by atoms with E-state index in [9.17, 15) is 13.6 Å². The molecular weight excluding hydrogens is 492 g/mol. The molecule has 1 saturated carbocycles. The summed E-state index contributed by atoms with van der Waals surface area (Å²) in [5.41, 5.74) is 3.31. The number of fused-ring (bicyclic) bond motifs is 1. The highest BCUT2D eigenvalue weighted by molar-refractivity contribution is 5.98. The number of aromatic nitrogens is 4. The first kappa shape index (κ1) is 24.2. The highest BCUT2D eigenvalue weighted by Gasteiger charge is 2.57. The van der Waals surface area contributed by atoms with Gasteiger partial charge in [-0.25, -0.2) is 18.7 Å². The van der Waals surface area contributed by atoms with Gasteiger partial charge in [-0.15, -0.1) is 0 Å². The number of ether oxygens (including phenoxy) is 1. The molecule has 2 N–H and O–H groups in total. The largest absolute Gasteiger partial charge is 0.493 e.